The van der Waals surface area contributed by atoms with Gasteiger partial charge in [0.15, 0.2) is 0 Å². The van der Waals surface area contributed by atoms with E-state index in [9.17, 15) is 19.8 Å². The van der Waals surface area contributed by atoms with E-state index in [0.29, 0.717) is 19.3 Å². The molecule has 1 amide bonds. The highest BCUT2D eigenvalue weighted by Crippen LogP contribution is 2.18. The molecule has 0 aromatic carbocycles. The van der Waals surface area contributed by atoms with Crippen LogP contribution in [-0.2, 0) is 14.3 Å². The van der Waals surface area contributed by atoms with E-state index in [4.69, 9.17) is 4.74 Å². The molecule has 0 aromatic heterocycles. The molecule has 0 heterocycles. The second-order valence-corrected chi connectivity index (χ2v) is 19.3. The first-order valence-electron chi connectivity index (χ1n) is 28.1. The van der Waals surface area contributed by atoms with Crippen LogP contribution in [0.25, 0.3) is 0 Å². The maximum Gasteiger partial charge on any atom is 0.306 e. The number of allylic oxidation sites excluding steroid dienone is 4. The van der Waals surface area contributed by atoms with Crippen molar-refractivity contribution in [1.82, 2.24) is 5.32 Å². The molecule has 3 atom stereocenters. The Morgan fingerprint density at radius 1 is 0.444 bits per heavy atom. The molecule has 3 unspecified atom stereocenters. The Kier molecular flexibility index (Phi) is 50.0. The summed E-state index contributed by atoms with van der Waals surface area (Å²) in [6.07, 6.45) is 59.5. The molecule has 0 saturated heterocycles. The first-order valence-corrected chi connectivity index (χ1v) is 28.1. The minimum absolute atomic E-state index is 0.0698. The van der Waals surface area contributed by atoms with Gasteiger partial charge in [0.2, 0.25) is 5.91 Å². The van der Waals surface area contributed by atoms with Gasteiger partial charge in [-0.25, -0.2) is 0 Å². The molecule has 0 aliphatic carbocycles. The van der Waals surface area contributed by atoms with Crippen LogP contribution in [0.1, 0.15) is 303 Å². The van der Waals surface area contributed by atoms with Crippen molar-refractivity contribution in [1.29, 1.82) is 0 Å². The third-order valence-electron chi connectivity index (χ3n) is 13.0. The number of aliphatic hydroxyl groups excluding tert-OH is 2. The Morgan fingerprint density at radius 2 is 0.762 bits per heavy atom. The molecule has 6 nitrogen and oxygen atoms in total. The van der Waals surface area contributed by atoms with Gasteiger partial charge in [-0.3, -0.25) is 9.59 Å². The first-order chi connectivity index (χ1) is 31.0. The van der Waals surface area contributed by atoms with Crippen LogP contribution in [0.15, 0.2) is 24.3 Å². The number of esters is 1. The second-order valence-electron chi connectivity index (χ2n) is 19.3. The summed E-state index contributed by atoms with van der Waals surface area (Å²) in [5, 5.41) is 23.8. The van der Waals surface area contributed by atoms with E-state index in [-0.39, 0.29) is 24.9 Å². The summed E-state index contributed by atoms with van der Waals surface area (Å²) >= 11 is 0. The zero-order valence-electron chi connectivity index (χ0n) is 42.5. The van der Waals surface area contributed by atoms with E-state index in [2.05, 4.69) is 50.4 Å². The Labute approximate surface area is 392 Å². The number of rotatable bonds is 51. The first kappa shape index (κ1) is 61.3. The largest absolute Gasteiger partial charge is 0.462 e. The summed E-state index contributed by atoms with van der Waals surface area (Å²) in [4.78, 5) is 26.2. The summed E-state index contributed by atoms with van der Waals surface area (Å²) in [5.74, 6) is -0.479. The molecular weight excluding hydrogens is 779 g/mol. The van der Waals surface area contributed by atoms with E-state index < -0.39 is 18.2 Å². The lowest BCUT2D eigenvalue weighted by atomic mass is 10.0. The number of ether oxygens (including phenoxy) is 1. The van der Waals surface area contributed by atoms with Gasteiger partial charge in [0.05, 0.1) is 25.2 Å². The van der Waals surface area contributed by atoms with Crippen molar-refractivity contribution in [2.75, 3.05) is 6.61 Å². The number of aliphatic hydroxyl groups is 2. The highest BCUT2D eigenvalue weighted by molar-refractivity contribution is 5.77. The average molecular weight is 889 g/mol. The molecule has 3 N–H and O–H groups in total. The number of unbranched alkanes of at least 4 members (excludes halogenated alkanes) is 35. The molecule has 0 bridgehead atoms. The number of hydrogen-bond donors (Lipinski definition) is 3. The van der Waals surface area contributed by atoms with Crippen molar-refractivity contribution in [3.63, 3.8) is 0 Å². The van der Waals surface area contributed by atoms with Gasteiger partial charge in [0.25, 0.3) is 0 Å². The van der Waals surface area contributed by atoms with Crippen molar-refractivity contribution in [3.8, 4) is 0 Å². The Balaban J connectivity index is 4.57. The monoisotopic (exact) mass is 888 g/mol. The van der Waals surface area contributed by atoms with E-state index in [1.807, 2.05) is 0 Å². The SMILES string of the molecule is CCCCCC/C=C\CCCCCCCCCC(=O)OC(CCCCC/C=C/CCCCCCCCCCC)CC(=O)NC(CO)C(O)CCCCCCCCCCCCCCC. The second kappa shape index (κ2) is 51.3. The van der Waals surface area contributed by atoms with Crippen LogP contribution >= 0.6 is 0 Å². The van der Waals surface area contributed by atoms with Crippen LogP contribution < -0.4 is 5.32 Å². The fraction of sp³-hybridized carbons (Fsp3) is 0.895. The molecule has 0 aliphatic rings. The van der Waals surface area contributed by atoms with Gasteiger partial charge >= 0.3 is 5.97 Å². The van der Waals surface area contributed by atoms with Crippen LogP contribution in [0.5, 0.6) is 0 Å². The zero-order valence-corrected chi connectivity index (χ0v) is 42.5. The Bertz CT molecular complexity index is 997. The number of carbonyl (C=O) groups is 2. The standard InChI is InChI=1S/C57H109NO5/c1-4-7-10-13-16-19-22-25-27-29-31-33-36-39-42-45-48-53(63-57(62)50-47-44-41-38-35-32-28-26-23-20-17-14-11-8-5-2)51-56(61)58-54(52-59)55(60)49-46-43-40-37-34-30-24-21-18-15-12-9-6-3/h20,23,31,33,53-55,59-60H,4-19,21-22,24-30,32,34-52H2,1-3H3,(H,58,61)/b23-20-,33-31+. The van der Waals surface area contributed by atoms with Crippen LogP contribution in [-0.4, -0.2) is 46.9 Å². The molecule has 0 spiro atoms. The molecule has 0 radical (unpaired) electrons. The molecule has 0 fully saturated rings. The van der Waals surface area contributed by atoms with Crippen molar-refractivity contribution in [2.24, 2.45) is 0 Å². The topological polar surface area (TPSA) is 95.9 Å². The molecule has 0 rings (SSSR count). The van der Waals surface area contributed by atoms with Crippen LogP contribution in [0.2, 0.25) is 0 Å². The predicted molar refractivity (Wildman–Crippen MR) is 273 cm³/mol. The molecule has 0 aliphatic heterocycles. The summed E-state index contributed by atoms with van der Waals surface area (Å²) in [6, 6.07) is -0.703. The molecule has 0 aromatic rings. The quantitative estimate of drug-likeness (QED) is 0.0321. The molecular formula is C57H109NO5. The summed E-state index contributed by atoms with van der Waals surface area (Å²) < 4.78 is 5.95. The van der Waals surface area contributed by atoms with Crippen molar-refractivity contribution in [3.05, 3.63) is 24.3 Å². The maximum absolute atomic E-state index is 13.2. The van der Waals surface area contributed by atoms with Crippen molar-refractivity contribution < 1.29 is 24.5 Å². The van der Waals surface area contributed by atoms with Gasteiger partial charge in [-0.1, -0.05) is 238 Å². The average Bonchev–Trinajstić information content (AvgIpc) is 3.28. The minimum atomic E-state index is -0.789. The van der Waals surface area contributed by atoms with Crippen molar-refractivity contribution in [2.45, 2.75) is 322 Å². The third kappa shape index (κ3) is 46.7. The van der Waals surface area contributed by atoms with E-state index in [1.165, 1.54) is 199 Å². The lowest BCUT2D eigenvalue weighted by molar-refractivity contribution is -0.151. The lowest BCUT2D eigenvalue weighted by Gasteiger charge is -2.24. The number of nitrogens with one attached hydrogen (secondary N) is 1. The van der Waals surface area contributed by atoms with Gasteiger partial charge in [0.1, 0.15) is 6.10 Å². The van der Waals surface area contributed by atoms with Crippen LogP contribution in [0.3, 0.4) is 0 Å². The zero-order chi connectivity index (χ0) is 45.9. The Morgan fingerprint density at radius 3 is 1.16 bits per heavy atom. The van der Waals surface area contributed by atoms with Gasteiger partial charge < -0.3 is 20.3 Å². The third-order valence-corrected chi connectivity index (χ3v) is 13.0. The normalized spacial score (nSPS) is 13.3. The number of amides is 1. The predicted octanol–water partition coefficient (Wildman–Crippen LogP) is 17.1. The van der Waals surface area contributed by atoms with Gasteiger partial charge in [-0.05, 0) is 77.0 Å². The smallest absolute Gasteiger partial charge is 0.306 e. The van der Waals surface area contributed by atoms with E-state index in [1.54, 1.807) is 0 Å². The van der Waals surface area contributed by atoms with Crippen LogP contribution in [0.4, 0.5) is 0 Å². The highest BCUT2D eigenvalue weighted by Gasteiger charge is 2.24. The fourth-order valence-corrected chi connectivity index (χ4v) is 8.72. The van der Waals surface area contributed by atoms with Gasteiger partial charge in [0, 0.05) is 6.42 Å². The van der Waals surface area contributed by atoms with Gasteiger partial charge in [-0.2, -0.15) is 0 Å². The fourth-order valence-electron chi connectivity index (χ4n) is 8.72. The Hall–Kier alpha value is -1.66. The van der Waals surface area contributed by atoms with Gasteiger partial charge in [-0.15, -0.1) is 0 Å². The molecule has 63 heavy (non-hydrogen) atoms. The minimum Gasteiger partial charge on any atom is -0.462 e. The number of carbonyl (C=O) groups excluding carboxylic acids is 2. The van der Waals surface area contributed by atoms with Crippen LogP contribution in [0, 0.1) is 0 Å². The molecule has 372 valence electrons. The summed E-state index contributed by atoms with van der Waals surface area (Å²) in [5.41, 5.74) is 0. The highest BCUT2D eigenvalue weighted by atomic mass is 16.5. The number of hydrogen-bond acceptors (Lipinski definition) is 5. The molecule has 6 heteroatoms. The maximum atomic E-state index is 13.2. The van der Waals surface area contributed by atoms with E-state index in [0.717, 1.165) is 57.8 Å². The summed E-state index contributed by atoms with van der Waals surface area (Å²) in [7, 11) is 0. The summed E-state index contributed by atoms with van der Waals surface area (Å²) in [6.45, 7) is 6.49. The molecule has 0 saturated carbocycles. The van der Waals surface area contributed by atoms with E-state index >= 15 is 0 Å². The van der Waals surface area contributed by atoms with Crippen molar-refractivity contribution >= 4 is 11.9 Å². The lowest BCUT2D eigenvalue weighted by Crippen LogP contribution is -2.46.